The second-order valence-electron chi connectivity index (χ2n) is 3.05. The summed E-state index contributed by atoms with van der Waals surface area (Å²) < 4.78 is 13.6. The van der Waals surface area contributed by atoms with Crippen molar-refractivity contribution in [3.63, 3.8) is 0 Å². The van der Waals surface area contributed by atoms with Crippen molar-refractivity contribution in [3.05, 3.63) is 39.8 Å². The van der Waals surface area contributed by atoms with Gasteiger partial charge in [-0.05, 0) is 18.2 Å². The second-order valence-corrected chi connectivity index (χ2v) is 3.87. The van der Waals surface area contributed by atoms with Crippen molar-refractivity contribution in [1.29, 1.82) is 0 Å². The molecule has 0 amide bonds. The molecule has 0 aliphatic carbocycles. The molecule has 2 rings (SSSR count). The van der Waals surface area contributed by atoms with Crippen molar-refractivity contribution in [1.82, 2.24) is 4.98 Å². The number of rotatable bonds is 1. The number of nitrogens with zero attached hydrogens (tertiary/aromatic N) is 1. The number of pyridine rings is 1. The molecule has 0 atom stereocenters. The number of aromatic nitrogens is 1. The Morgan fingerprint density at radius 2 is 2.00 bits per heavy atom. The van der Waals surface area contributed by atoms with Gasteiger partial charge in [0.15, 0.2) is 11.5 Å². The number of carboxylic acids is 1. The molecule has 0 aliphatic rings. The van der Waals surface area contributed by atoms with Crippen LogP contribution in [0.4, 0.5) is 4.39 Å². The highest BCUT2D eigenvalue weighted by molar-refractivity contribution is 6.36. The highest BCUT2D eigenvalue weighted by atomic mass is 35.5. The maximum Gasteiger partial charge on any atom is 0.354 e. The molecule has 82 valence electrons. The fraction of sp³-hybridized carbons (Fsp3) is 0. The monoisotopic (exact) mass is 259 g/mol. The number of carboxylic acid groups (broad SMARTS) is 1. The van der Waals surface area contributed by atoms with Gasteiger partial charge in [-0.25, -0.2) is 14.2 Å². The first kappa shape index (κ1) is 11.1. The van der Waals surface area contributed by atoms with Crippen LogP contribution in [0, 0.1) is 5.82 Å². The fourth-order valence-electron chi connectivity index (χ4n) is 1.30. The van der Waals surface area contributed by atoms with Crippen LogP contribution in [-0.2, 0) is 0 Å². The Morgan fingerprint density at radius 3 is 2.62 bits per heavy atom. The second kappa shape index (κ2) is 3.88. The van der Waals surface area contributed by atoms with Gasteiger partial charge in [-0.1, -0.05) is 23.2 Å². The first-order chi connectivity index (χ1) is 7.50. The highest BCUT2D eigenvalue weighted by Gasteiger charge is 2.14. The van der Waals surface area contributed by atoms with E-state index in [-0.39, 0.29) is 21.3 Å². The van der Waals surface area contributed by atoms with E-state index in [0.717, 1.165) is 0 Å². The average Bonchev–Trinajstić information content (AvgIpc) is 2.23. The van der Waals surface area contributed by atoms with Crippen LogP contribution >= 0.6 is 23.2 Å². The minimum absolute atomic E-state index is 0.123. The summed E-state index contributed by atoms with van der Waals surface area (Å²) in [6, 6.07) is 3.99. The summed E-state index contributed by atoms with van der Waals surface area (Å²) in [7, 11) is 0. The van der Waals surface area contributed by atoms with Crippen LogP contribution in [0.15, 0.2) is 18.2 Å². The Kier molecular flexibility index (Phi) is 2.69. The van der Waals surface area contributed by atoms with Crippen molar-refractivity contribution >= 4 is 40.1 Å². The summed E-state index contributed by atoms with van der Waals surface area (Å²) in [6.45, 7) is 0. The van der Waals surface area contributed by atoms with Gasteiger partial charge in [0, 0.05) is 5.39 Å². The molecule has 1 aromatic carbocycles. The van der Waals surface area contributed by atoms with Crippen LogP contribution < -0.4 is 0 Å². The van der Waals surface area contributed by atoms with Crippen LogP contribution in [0.3, 0.4) is 0 Å². The van der Waals surface area contributed by atoms with Gasteiger partial charge in [0.1, 0.15) is 5.52 Å². The van der Waals surface area contributed by atoms with E-state index in [0.29, 0.717) is 5.39 Å². The number of fused-ring (bicyclic) bond motifs is 1. The molecule has 0 unspecified atom stereocenters. The zero-order chi connectivity index (χ0) is 11.9. The lowest BCUT2D eigenvalue weighted by Crippen LogP contribution is -2.01. The van der Waals surface area contributed by atoms with E-state index >= 15 is 0 Å². The number of halogens is 3. The molecule has 0 spiro atoms. The van der Waals surface area contributed by atoms with Crippen LogP contribution in [0.1, 0.15) is 10.5 Å². The Balaban J connectivity index is 2.88. The van der Waals surface area contributed by atoms with Gasteiger partial charge in [0.2, 0.25) is 0 Å². The van der Waals surface area contributed by atoms with E-state index in [9.17, 15) is 9.18 Å². The Bertz CT molecular complexity index is 601. The third-order valence-electron chi connectivity index (χ3n) is 2.04. The van der Waals surface area contributed by atoms with E-state index in [4.69, 9.17) is 28.3 Å². The summed E-state index contributed by atoms with van der Waals surface area (Å²) in [6.07, 6.45) is 0. The summed E-state index contributed by atoms with van der Waals surface area (Å²) in [4.78, 5) is 14.4. The third-order valence-corrected chi connectivity index (χ3v) is 2.65. The zero-order valence-electron chi connectivity index (χ0n) is 7.67. The molecule has 1 heterocycles. The van der Waals surface area contributed by atoms with Crippen molar-refractivity contribution in [2.45, 2.75) is 0 Å². The third kappa shape index (κ3) is 1.70. The van der Waals surface area contributed by atoms with Gasteiger partial charge in [-0.15, -0.1) is 0 Å². The van der Waals surface area contributed by atoms with E-state index < -0.39 is 11.8 Å². The lowest BCUT2D eigenvalue weighted by atomic mass is 10.2. The van der Waals surface area contributed by atoms with Crippen molar-refractivity contribution in [2.75, 3.05) is 0 Å². The maximum absolute atomic E-state index is 13.6. The van der Waals surface area contributed by atoms with Gasteiger partial charge >= 0.3 is 5.97 Å². The summed E-state index contributed by atoms with van der Waals surface area (Å²) >= 11 is 11.4. The standard InChI is InChI=1S/C10H4Cl2FNO2/c11-5-2-1-4-6(12)3-7(10(15)16)14-9(4)8(5)13/h1-3H,(H,15,16). The molecule has 1 N–H and O–H groups in total. The molecule has 0 aliphatic heterocycles. The summed E-state index contributed by atoms with van der Waals surface area (Å²) in [5, 5.41) is 9.08. The molecule has 0 radical (unpaired) electrons. The van der Waals surface area contributed by atoms with Crippen molar-refractivity contribution in [2.24, 2.45) is 0 Å². The molecular weight excluding hydrogens is 256 g/mol. The largest absolute Gasteiger partial charge is 0.477 e. The molecule has 0 fully saturated rings. The first-order valence-electron chi connectivity index (χ1n) is 4.18. The van der Waals surface area contributed by atoms with E-state index in [2.05, 4.69) is 4.98 Å². The van der Waals surface area contributed by atoms with E-state index in [1.807, 2.05) is 0 Å². The van der Waals surface area contributed by atoms with Crippen molar-refractivity contribution < 1.29 is 14.3 Å². The lowest BCUT2D eigenvalue weighted by Gasteiger charge is -2.04. The summed E-state index contributed by atoms with van der Waals surface area (Å²) in [5.41, 5.74) is -0.462. The molecule has 3 nitrogen and oxygen atoms in total. The minimum Gasteiger partial charge on any atom is -0.477 e. The normalized spacial score (nSPS) is 10.7. The predicted octanol–water partition coefficient (Wildman–Crippen LogP) is 3.38. The number of hydrogen-bond acceptors (Lipinski definition) is 2. The van der Waals surface area contributed by atoms with Crippen LogP contribution in [0.25, 0.3) is 10.9 Å². The smallest absolute Gasteiger partial charge is 0.354 e. The number of carbonyl (C=O) groups is 1. The zero-order valence-corrected chi connectivity index (χ0v) is 9.18. The van der Waals surface area contributed by atoms with E-state index in [1.165, 1.54) is 18.2 Å². The molecule has 0 saturated carbocycles. The average molecular weight is 260 g/mol. The molecular formula is C10H4Cl2FNO2. The van der Waals surface area contributed by atoms with Gasteiger partial charge < -0.3 is 5.11 Å². The number of hydrogen-bond donors (Lipinski definition) is 1. The minimum atomic E-state index is -1.27. The van der Waals surface area contributed by atoms with Crippen molar-refractivity contribution in [3.8, 4) is 0 Å². The molecule has 2 aromatic rings. The van der Waals surface area contributed by atoms with E-state index in [1.54, 1.807) is 0 Å². The van der Waals surface area contributed by atoms with Crippen LogP contribution in [0.2, 0.25) is 10.0 Å². The van der Waals surface area contributed by atoms with Gasteiger partial charge in [-0.2, -0.15) is 0 Å². The number of aromatic carboxylic acids is 1. The Labute approximate surface area is 99.4 Å². The van der Waals surface area contributed by atoms with Gasteiger partial charge in [0.25, 0.3) is 0 Å². The number of benzene rings is 1. The molecule has 16 heavy (non-hydrogen) atoms. The topological polar surface area (TPSA) is 50.2 Å². The molecule has 0 bridgehead atoms. The lowest BCUT2D eigenvalue weighted by molar-refractivity contribution is 0.0691. The van der Waals surface area contributed by atoms with Crippen LogP contribution in [-0.4, -0.2) is 16.1 Å². The van der Waals surface area contributed by atoms with Gasteiger partial charge in [-0.3, -0.25) is 0 Å². The summed E-state index contributed by atoms with van der Waals surface area (Å²) in [5.74, 6) is -2.05. The highest BCUT2D eigenvalue weighted by Crippen LogP contribution is 2.28. The Morgan fingerprint density at radius 1 is 1.31 bits per heavy atom. The first-order valence-corrected chi connectivity index (χ1v) is 4.94. The predicted molar refractivity (Wildman–Crippen MR) is 58.7 cm³/mol. The van der Waals surface area contributed by atoms with Crippen LogP contribution in [0.5, 0.6) is 0 Å². The Hall–Kier alpha value is -1.39. The molecule has 1 aromatic heterocycles. The molecule has 6 heteroatoms. The van der Waals surface area contributed by atoms with Gasteiger partial charge in [0.05, 0.1) is 10.0 Å². The molecule has 0 saturated heterocycles. The maximum atomic E-state index is 13.6. The fourth-order valence-corrected chi connectivity index (χ4v) is 1.71. The SMILES string of the molecule is O=C(O)c1cc(Cl)c2ccc(Cl)c(F)c2n1. The quantitative estimate of drug-likeness (QED) is 0.854.